The standard InChI is InChI=1S/C8H5ClF3NO/c1-3-2-4(10)13-6(8(11)12)5(3)7(9)14/h2,8H,1H3. The van der Waals surface area contributed by atoms with E-state index in [-0.39, 0.29) is 5.56 Å². The molecule has 0 N–H and O–H groups in total. The fourth-order valence-electron chi connectivity index (χ4n) is 1.07. The van der Waals surface area contributed by atoms with E-state index < -0.39 is 28.9 Å². The first-order chi connectivity index (χ1) is 6.43. The Balaban J connectivity index is 3.44. The van der Waals surface area contributed by atoms with Gasteiger partial charge in [0.1, 0.15) is 5.69 Å². The normalized spacial score (nSPS) is 10.7. The van der Waals surface area contributed by atoms with Crippen molar-refractivity contribution in [3.63, 3.8) is 0 Å². The fourth-order valence-corrected chi connectivity index (χ4v) is 1.32. The molecule has 0 amide bonds. The molecule has 1 rings (SSSR count). The van der Waals surface area contributed by atoms with Crippen LogP contribution in [0.4, 0.5) is 13.2 Å². The smallest absolute Gasteiger partial charge is 0.276 e. The molecule has 0 saturated heterocycles. The molecule has 0 saturated carbocycles. The second-order valence-corrected chi connectivity index (χ2v) is 2.94. The molecule has 0 bridgehead atoms. The molecule has 14 heavy (non-hydrogen) atoms. The molecule has 1 heterocycles. The molecule has 0 spiro atoms. The molecule has 0 aliphatic heterocycles. The van der Waals surface area contributed by atoms with Crippen molar-refractivity contribution in [2.24, 2.45) is 0 Å². The molecule has 0 aromatic carbocycles. The van der Waals surface area contributed by atoms with Crippen LogP contribution >= 0.6 is 11.6 Å². The Labute approximate surface area is 82.7 Å². The molecule has 1 aromatic heterocycles. The van der Waals surface area contributed by atoms with Gasteiger partial charge in [0.25, 0.3) is 11.7 Å². The van der Waals surface area contributed by atoms with Gasteiger partial charge in [0.05, 0.1) is 5.56 Å². The number of aromatic nitrogens is 1. The van der Waals surface area contributed by atoms with Crippen molar-refractivity contribution in [1.82, 2.24) is 4.98 Å². The summed E-state index contributed by atoms with van der Waals surface area (Å²) >= 11 is 5.08. The van der Waals surface area contributed by atoms with Gasteiger partial charge in [0, 0.05) is 0 Å². The highest BCUT2D eigenvalue weighted by atomic mass is 35.5. The first kappa shape index (κ1) is 11.0. The molecule has 0 aliphatic carbocycles. The van der Waals surface area contributed by atoms with Gasteiger partial charge >= 0.3 is 0 Å². The Morgan fingerprint density at radius 2 is 2.14 bits per heavy atom. The van der Waals surface area contributed by atoms with Crippen LogP contribution in [0.25, 0.3) is 0 Å². The molecular formula is C8H5ClF3NO. The lowest BCUT2D eigenvalue weighted by atomic mass is 10.1. The lowest BCUT2D eigenvalue weighted by Gasteiger charge is -2.06. The van der Waals surface area contributed by atoms with Crippen molar-refractivity contribution in [3.05, 3.63) is 28.8 Å². The van der Waals surface area contributed by atoms with Crippen LogP contribution in [0.3, 0.4) is 0 Å². The van der Waals surface area contributed by atoms with Gasteiger partial charge in [0.2, 0.25) is 5.95 Å². The zero-order valence-corrected chi connectivity index (χ0v) is 7.78. The van der Waals surface area contributed by atoms with Crippen LogP contribution in [0.5, 0.6) is 0 Å². The summed E-state index contributed by atoms with van der Waals surface area (Å²) in [6, 6.07) is 0.876. The van der Waals surface area contributed by atoms with E-state index in [1.54, 1.807) is 0 Å². The summed E-state index contributed by atoms with van der Waals surface area (Å²) in [7, 11) is 0. The fraction of sp³-hybridized carbons (Fsp3) is 0.250. The van der Waals surface area contributed by atoms with Crippen molar-refractivity contribution in [3.8, 4) is 0 Å². The number of hydrogen-bond donors (Lipinski definition) is 0. The van der Waals surface area contributed by atoms with Crippen LogP contribution in [0.15, 0.2) is 6.07 Å². The minimum Gasteiger partial charge on any atom is -0.276 e. The summed E-state index contributed by atoms with van der Waals surface area (Å²) in [5.41, 5.74) is -1.29. The Morgan fingerprint density at radius 1 is 1.57 bits per heavy atom. The summed E-state index contributed by atoms with van der Waals surface area (Å²) in [5.74, 6) is -1.06. The van der Waals surface area contributed by atoms with Crippen LogP contribution in [0.1, 0.15) is 28.0 Å². The maximum atomic E-state index is 12.6. The van der Waals surface area contributed by atoms with Gasteiger partial charge in [-0.2, -0.15) is 4.39 Å². The molecule has 0 unspecified atom stereocenters. The molecule has 0 fully saturated rings. The first-order valence-corrected chi connectivity index (χ1v) is 3.96. The number of carbonyl (C=O) groups excluding carboxylic acids is 1. The summed E-state index contributed by atoms with van der Waals surface area (Å²) in [6.07, 6.45) is -3.03. The molecule has 1 aromatic rings. The average Bonchev–Trinajstić information content (AvgIpc) is 2.01. The third kappa shape index (κ3) is 2.04. The van der Waals surface area contributed by atoms with Gasteiger partial charge in [-0.1, -0.05) is 0 Å². The highest BCUT2D eigenvalue weighted by Crippen LogP contribution is 2.25. The number of halogens is 4. The van der Waals surface area contributed by atoms with Crippen LogP contribution < -0.4 is 0 Å². The summed E-state index contributed by atoms with van der Waals surface area (Å²) in [4.78, 5) is 13.7. The van der Waals surface area contributed by atoms with Crippen LogP contribution in [-0.2, 0) is 0 Å². The predicted octanol–water partition coefficient (Wildman–Crippen LogP) is 2.85. The summed E-state index contributed by atoms with van der Waals surface area (Å²) < 4.78 is 37.2. The SMILES string of the molecule is Cc1cc(F)nc(C(F)F)c1C(=O)Cl. The summed E-state index contributed by atoms with van der Waals surface area (Å²) in [5, 5.41) is -1.06. The van der Waals surface area contributed by atoms with E-state index in [1.165, 1.54) is 6.92 Å². The largest absolute Gasteiger partial charge is 0.281 e. The third-order valence-electron chi connectivity index (χ3n) is 1.62. The monoisotopic (exact) mass is 223 g/mol. The molecule has 2 nitrogen and oxygen atoms in total. The molecule has 6 heteroatoms. The predicted molar refractivity (Wildman–Crippen MR) is 44.1 cm³/mol. The number of nitrogens with zero attached hydrogens (tertiary/aromatic N) is 1. The Morgan fingerprint density at radius 3 is 2.57 bits per heavy atom. The number of rotatable bonds is 2. The van der Waals surface area contributed by atoms with E-state index in [9.17, 15) is 18.0 Å². The van der Waals surface area contributed by atoms with E-state index in [2.05, 4.69) is 4.98 Å². The highest BCUT2D eigenvalue weighted by molar-refractivity contribution is 6.68. The number of carbonyl (C=O) groups is 1. The van der Waals surface area contributed by atoms with Gasteiger partial charge in [-0.15, -0.1) is 0 Å². The van der Waals surface area contributed by atoms with Crippen LogP contribution in [0.2, 0.25) is 0 Å². The average molecular weight is 224 g/mol. The number of pyridine rings is 1. The lowest BCUT2D eigenvalue weighted by molar-refractivity contribution is 0.106. The molecule has 0 atom stereocenters. The maximum Gasteiger partial charge on any atom is 0.281 e. The van der Waals surface area contributed by atoms with Crippen molar-refractivity contribution >= 4 is 16.8 Å². The number of alkyl halides is 2. The van der Waals surface area contributed by atoms with E-state index in [0.29, 0.717) is 0 Å². The van der Waals surface area contributed by atoms with E-state index in [4.69, 9.17) is 11.6 Å². The zero-order valence-electron chi connectivity index (χ0n) is 7.02. The second kappa shape index (κ2) is 3.96. The van der Waals surface area contributed by atoms with E-state index in [0.717, 1.165) is 6.07 Å². The Hall–Kier alpha value is -1.10. The van der Waals surface area contributed by atoms with Gasteiger partial charge in [-0.25, -0.2) is 13.8 Å². The molecule has 0 aliphatic rings. The minimum absolute atomic E-state index is 0.0489. The van der Waals surface area contributed by atoms with Crippen LogP contribution in [0, 0.1) is 12.9 Å². The van der Waals surface area contributed by atoms with Gasteiger partial charge < -0.3 is 0 Å². The third-order valence-corrected chi connectivity index (χ3v) is 1.81. The van der Waals surface area contributed by atoms with Crippen molar-refractivity contribution in [1.29, 1.82) is 0 Å². The van der Waals surface area contributed by atoms with Gasteiger partial charge in [-0.3, -0.25) is 4.79 Å². The van der Waals surface area contributed by atoms with E-state index >= 15 is 0 Å². The number of hydrogen-bond acceptors (Lipinski definition) is 2. The molecule has 0 radical (unpaired) electrons. The van der Waals surface area contributed by atoms with Crippen molar-refractivity contribution in [2.75, 3.05) is 0 Å². The first-order valence-electron chi connectivity index (χ1n) is 3.58. The summed E-state index contributed by atoms with van der Waals surface area (Å²) in [6.45, 7) is 1.31. The minimum atomic E-state index is -3.03. The van der Waals surface area contributed by atoms with Crippen molar-refractivity contribution in [2.45, 2.75) is 13.3 Å². The molecule has 76 valence electrons. The number of aryl methyl sites for hydroxylation is 1. The second-order valence-electron chi connectivity index (χ2n) is 2.60. The maximum absolute atomic E-state index is 12.6. The molecular weight excluding hydrogens is 219 g/mol. The quantitative estimate of drug-likeness (QED) is 0.570. The Bertz CT molecular complexity index is 381. The van der Waals surface area contributed by atoms with Gasteiger partial charge in [0.15, 0.2) is 0 Å². The topological polar surface area (TPSA) is 30.0 Å². The Kier molecular flexibility index (Phi) is 3.10. The van der Waals surface area contributed by atoms with Crippen LogP contribution in [-0.4, -0.2) is 10.2 Å². The zero-order chi connectivity index (χ0) is 10.9. The lowest BCUT2D eigenvalue weighted by Crippen LogP contribution is -2.06. The van der Waals surface area contributed by atoms with E-state index in [1.807, 2.05) is 0 Å². The highest BCUT2D eigenvalue weighted by Gasteiger charge is 2.22. The van der Waals surface area contributed by atoms with Gasteiger partial charge in [-0.05, 0) is 30.2 Å². The van der Waals surface area contributed by atoms with Crippen molar-refractivity contribution < 1.29 is 18.0 Å².